The second-order valence-corrected chi connectivity index (χ2v) is 9.75. The number of alkyl halides is 2. The van der Waals surface area contributed by atoms with Gasteiger partial charge in [-0.2, -0.15) is 10.2 Å². The second-order valence-electron chi connectivity index (χ2n) is 9.75. The van der Waals surface area contributed by atoms with Gasteiger partial charge in [-0.05, 0) is 17.7 Å². The number of halogens is 2. The molecule has 9 nitrogen and oxygen atoms in total. The van der Waals surface area contributed by atoms with Gasteiger partial charge in [0.1, 0.15) is 12.6 Å². The maximum absolute atomic E-state index is 14.1. The van der Waals surface area contributed by atoms with Crippen LogP contribution >= 0.6 is 0 Å². The van der Waals surface area contributed by atoms with E-state index in [1.165, 1.54) is 18.7 Å². The molecule has 190 valence electrons. The summed E-state index contributed by atoms with van der Waals surface area (Å²) in [4.78, 5) is 21.1. The number of nitrogens with one attached hydrogen (secondary N) is 1. The van der Waals surface area contributed by atoms with Gasteiger partial charge in [-0.25, -0.2) is 23.3 Å². The fraction of sp³-hybridized carbons (Fsp3) is 0.269. The fourth-order valence-corrected chi connectivity index (χ4v) is 3.98. The zero-order chi connectivity index (χ0) is 26.3. The van der Waals surface area contributed by atoms with E-state index in [0.717, 1.165) is 11.1 Å². The monoisotopic (exact) mass is 505 g/mol. The van der Waals surface area contributed by atoms with Crippen LogP contribution in [0.1, 0.15) is 54.7 Å². The van der Waals surface area contributed by atoms with Gasteiger partial charge < -0.3 is 9.73 Å². The van der Waals surface area contributed by atoms with Gasteiger partial charge in [0.25, 0.3) is 12.3 Å². The number of carbonyl (C=O) groups is 1. The molecule has 0 saturated heterocycles. The smallest absolute Gasteiger partial charge is 0.273 e. The Labute approximate surface area is 211 Å². The standard InChI is InChI=1S/C26H25F2N7O2/c1-26(2,3)25-33-20(13-37-25)24(36)29-9-16-6-5-15(7-19(16)23(27)28)22-21-8-17(12-35(21)32-14-30-22)18-10-31-34(4)11-18/h5-8,10-14,23H,9H2,1-4H3,(H,29,36). The first-order chi connectivity index (χ1) is 17.6. The van der Waals surface area contributed by atoms with E-state index in [1.807, 2.05) is 46.3 Å². The van der Waals surface area contributed by atoms with Crippen molar-refractivity contribution in [3.63, 3.8) is 0 Å². The molecule has 0 aliphatic carbocycles. The van der Waals surface area contributed by atoms with Gasteiger partial charge in [0.15, 0.2) is 11.6 Å². The van der Waals surface area contributed by atoms with E-state index in [0.29, 0.717) is 28.2 Å². The average Bonchev–Trinajstić information content (AvgIpc) is 3.60. The molecule has 1 aromatic carbocycles. The maximum Gasteiger partial charge on any atom is 0.273 e. The number of rotatable bonds is 6. The van der Waals surface area contributed by atoms with E-state index >= 15 is 0 Å². The number of amides is 1. The van der Waals surface area contributed by atoms with Gasteiger partial charge in [0, 0.05) is 53.7 Å². The minimum absolute atomic E-state index is 0.0913. The van der Waals surface area contributed by atoms with Gasteiger partial charge in [0.05, 0.1) is 17.4 Å². The third-order valence-electron chi connectivity index (χ3n) is 5.92. The molecule has 1 amide bonds. The van der Waals surface area contributed by atoms with Crippen LogP contribution in [-0.4, -0.2) is 35.3 Å². The summed E-state index contributed by atoms with van der Waals surface area (Å²) in [5, 5.41) is 11.1. The molecule has 0 spiro atoms. The van der Waals surface area contributed by atoms with Gasteiger partial charge in [-0.15, -0.1) is 0 Å². The van der Waals surface area contributed by atoms with Crippen molar-refractivity contribution in [1.29, 1.82) is 0 Å². The third-order valence-corrected chi connectivity index (χ3v) is 5.92. The Morgan fingerprint density at radius 2 is 1.92 bits per heavy atom. The van der Waals surface area contributed by atoms with Crippen LogP contribution in [-0.2, 0) is 19.0 Å². The number of benzene rings is 1. The Kier molecular flexibility index (Phi) is 6.06. The molecular formula is C26H25F2N7O2. The predicted molar refractivity (Wildman–Crippen MR) is 132 cm³/mol. The van der Waals surface area contributed by atoms with Gasteiger partial charge in [0.2, 0.25) is 0 Å². The molecule has 37 heavy (non-hydrogen) atoms. The normalized spacial score (nSPS) is 12.0. The van der Waals surface area contributed by atoms with Crippen LogP contribution < -0.4 is 5.32 Å². The summed E-state index contributed by atoms with van der Waals surface area (Å²) in [6.07, 6.45) is 5.36. The molecule has 4 heterocycles. The lowest BCUT2D eigenvalue weighted by Gasteiger charge is -2.13. The van der Waals surface area contributed by atoms with E-state index < -0.39 is 12.3 Å². The lowest BCUT2D eigenvalue weighted by Crippen LogP contribution is -2.24. The van der Waals surface area contributed by atoms with Crippen molar-refractivity contribution < 1.29 is 18.0 Å². The first-order valence-electron chi connectivity index (χ1n) is 11.6. The fourth-order valence-electron chi connectivity index (χ4n) is 3.98. The van der Waals surface area contributed by atoms with Crippen molar-refractivity contribution in [2.45, 2.75) is 39.2 Å². The van der Waals surface area contributed by atoms with Crippen molar-refractivity contribution in [2.75, 3.05) is 0 Å². The van der Waals surface area contributed by atoms with Crippen LogP contribution in [0.2, 0.25) is 0 Å². The molecule has 11 heteroatoms. The SMILES string of the molecule is Cn1cc(-c2cc3c(-c4ccc(CNC(=O)c5coc(C(C)(C)C)n5)c(C(F)F)c4)ncnn3c2)cn1. The molecule has 5 rings (SSSR count). The largest absolute Gasteiger partial charge is 0.448 e. The lowest BCUT2D eigenvalue weighted by molar-refractivity contribution is 0.0944. The predicted octanol–water partition coefficient (Wildman–Crippen LogP) is 4.95. The topological polar surface area (TPSA) is 103 Å². The zero-order valence-corrected chi connectivity index (χ0v) is 20.7. The quantitative estimate of drug-likeness (QED) is 0.350. The van der Waals surface area contributed by atoms with E-state index in [-0.39, 0.29) is 23.2 Å². The number of carbonyl (C=O) groups excluding carboxylic acids is 1. The highest BCUT2D eigenvalue weighted by atomic mass is 19.3. The summed E-state index contributed by atoms with van der Waals surface area (Å²) >= 11 is 0. The van der Waals surface area contributed by atoms with Crippen molar-refractivity contribution in [3.8, 4) is 22.4 Å². The van der Waals surface area contributed by atoms with Crippen molar-refractivity contribution in [1.82, 2.24) is 34.7 Å². The molecule has 1 N–H and O–H groups in total. The lowest BCUT2D eigenvalue weighted by atomic mass is 9.97. The van der Waals surface area contributed by atoms with Crippen LogP contribution in [0.25, 0.3) is 27.9 Å². The van der Waals surface area contributed by atoms with E-state index in [1.54, 1.807) is 27.5 Å². The van der Waals surface area contributed by atoms with Gasteiger partial charge in [-0.3, -0.25) is 9.48 Å². The molecule has 0 saturated carbocycles. The highest BCUT2D eigenvalue weighted by Crippen LogP contribution is 2.32. The molecule has 0 fully saturated rings. The number of hydrogen-bond donors (Lipinski definition) is 1. The number of aromatic nitrogens is 6. The average molecular weight is 506 g/mol. The Balaban J connectivity index is 1.42. The molecule has 4 aromatic heterocycles. The van der Waals surface area contributed by atoms with Crippen molar-refractivity contribution >= 4 is 11.4 Å². The molecule has 0 aliphatic heterocycles. The third kappa shape index (κ3) is 4.84. The highest BCUT2D eigenvalue weighted by Gasteiger charge is 2.23. The Morgan fingerprint density at radius 3 is 2.59 bits per heavy atom. The summed E-state index contributed by atoms with van der Waals surface area (Å²) in [5.41, 5.74) is 3.32. The van der Waals surface area contributed by atoms with E-state index in [2.05, 4.69) is 25.5 Å². The van der Waals surface area contributed by atoms with Crippen molar-refractivity contribution in [2.24, 2.45) is 7.05 Å². The number of nitrogens with zero attached hydrogens (tertiary/aromatic N) is 6. The van der Waals surface area contributed by atoms with Crippen LogP contribution in [0, 0.1) is 0 Å². The summed E-state index contributed by atoms with van der Waals surface area (Å²) in [6, 6.07) is 6.58. The zero-order valence-electron chi connectivity index (χ0n) is 20.7. The number of aryl methyl sites for hydroxylation is 1. The molecular weight excluding hydrogens is 480 g/mol. The molecule has 0 atom stereocenters. The van der Waals surface area contributed by atoms with Crippen LogP contribution in [0.5, 0.6) is 0 Å². The van der Waals surface area contributed by atoms with Crippen LogP contribution in [0.15, 0.2) is 59.9 Å². The molecule has 5 aromatic rings. The minimum atomic E-state index is -2.75. The number of fused-ring (bicyclic) bond motifs is 1. The molecule has 0 aliphatic rings. The van der Waals surface area contributed by atoms with E-state index in [4.69, 9.17) is 4.42 Å². The minimum Gasteiger partial charge on any atom is -0.448 e. The summed E-state index contributed by atoms with van der Waals surface area (Å²) in [5.74, 6) is -0.0827. The summed E-state index contributed by atoms with van der Waals surface area (Å²) < 4.78 is 36.9. The Hall–Kier alpha value is -4.41. The Morgan fingerprint density at radius 1 is 1.11 bits per heavy atom. The number of oxazole rings is 1. The maximum atomic E-state index is 14.1. The van der Waals surface area contributed by atoms with Crippen LogP contribution in [0.4, 0.5) is 8.78 Å². The number of hydrogen-bond acceptors (Lipinski definition) is 6. The molecule has 0 radical (unpaired) electrons. The van der Waals surface area contributed by atoms with Crippen molar-refractivity contribution in [3.05, 3.63) is 78.2 Å². The summed E-state index contributed by atoms with van der Waals surface area (Å²) in [6.45, 7) is 5.65. The Bertz CT molecular complexity index is 1590. The van der Waals surface area contributed by atoms with E-state index in [9.17, 15) is 13.6 Å². The van der Waals surface area contributed by atoms with Gasteiger partial charge >= 0.3 is 0 Å². The summed E-state index contributed by atoms with van der Waals surface area (Å²) in [7, 11) is 1.83. The van der Waals surface area contributed by atoms with Gasteiger partial charge in [-0.1, -0.05) is 32.9 Å². The first-order valence-corrected chi connectivity index (χ1v) is 11.6. The molecule has 0 bridgehead atoms. The highest BCUT2D eigenvalue weighted by molar-refractivity contribution is 5.92. The molecule has 0 unspecified atom stereocenters. The van der Waals surface area contributed by atoms with Crippen LogP contribution in [0.3, 0.4) is 0 Å². The second kappa shape index (κ2) is 9.23. The first kappa shape index (κ1) is 24.3.